The lowest BCUT2D eigenvalue weighted by molar-refractivity contribution is -0.139. The molecule has 2 N–H and O–H groups in total. The fourth-order valence-electron chi connectivity index (χ4n) is 3.58. The Morgan fingerprint density at radius 3 is 2.65 bits per heavy atom. The lowest BCUT2D eigenvalue weighted by atomic mass is 9.77. The number of nitrogens with zero attached hydrogens (tertiary/aromatic N) is 1. The van der Waals surface area contributed by atoms with Crippen LogP contribution in [0.15, 0.2) is 23.1 Å². The summed E-state index contributed by atoms with van der Waals surface area (Å²) in [6.07, 6.45) is 3.05. The third-order valence-electron chi connectivity index (χ3n) is 5.22. The van der Waals surface area contributed by atoms with Gasteiger partial charge in [-0.15, -0.1) is 11.8 Å². The van der Waals surface area contributed by atoms with E-state index in [1.165, 1.54) is 17.3 Å². The van der Waals surface area contributed by atoms with Gasteiger partial charge in [-0.1, -0.05) is 24.6 Å². The van der Waals surface area contributed by atoms with Crippen LogP contribution in [0.4, 0.5) is 4.79 Å². The minimum absolute atomic E-state index is 0.144. The van der Waals surface area contributed by atoms with Crippen LogP contribution in [0.25, 0.3) is 0 Å². The van der Waals surface area contributed by atoms with E-state index in [9.17, 15) is 14.4 Å². The zero-order chi connectivity index (χ0) is 18.9. The predicted octanol–water partition coefficient (Wildman–Crippen LogP) is 2.93. The highest BCUT2D eigenvalue weighted by Crippen LogP contribution is 2.35. The summed E-state index contributed by atoms with van der Waals surface area (Å²) in [6.45, 7) is 6.17. The molecule has 1 saturated heterocycles. The molecule has 4 amide bonds. The predicted molar refractivity (Wildman–Crippen MR) is 101 cm³/mol. The van der Waals surface area contributed by atoms with E-state index in [0.717, 1.165) is 28.3 Å². The van der Waals surface area contributed by atoms with Crippen molar-refractivity contribution in [2.24, 2.45) is 5.92 Å². The van der Waals surface area contributed by atoms with E-state index in [-0.39, 0.29) is 17.6 Å². The molecule has 1 aromatic rings. The van der Waals surface area contributed by atoms with Crippen LogP contribution < -0.4 is 10.7 Å². The molecule has 1 spiro atoms. The average molecular weight is 375 g/mol. The Balaban J connectivity index is 1.59. The van der Waals surface area contributed by atoms with Crippen LogP contribution in [0.1, 0.15) is 43.7 Å². The van der Waals surface area contributed by atoms with E-state index in [4.69, 9.17) is 0 Å². The molecule has 0 bridgehead atoms. The largest absolute Gasteiger partial charge is 0.344 e. The number of carbonyl (C=O) groups is 3. The van der Waals surface area contributed by atoms with Crippen LogP contribution in [0.2, 0.25) is 0 Å². The molecule has 1 aliphatic carbocycles. The second-order valence-electron chi connectivity index (χ2n) is 7.43. The van der Waals surface area contributed by atoms with E-state index < -0.39 is 11.6 Å². The maximum absolute atomic E-state index is 12.7. The lowest BCUT2D eigenvalue weighted by Gasteiger charge is -2.33. The Morgan fingerprint density at radius 2 is 2.00 bits per heavy atom. The Kier molecular flexibility index (Phi) is 5.27. The maximum atomic E-state index is 12.7. The van der Waals surface area contributed by atoms with Crippen molar-refractivity contribution < 1.29 is 14.4 Å². The second kappa shape index (κ2) is 7.31. The van der Waals surface area contributed by atoms with Crippen molar-refractivity contribution in [1.82, 2.24) is 15.8 Å². The molecule has 0 radical (unpaired) electrons. The third kappa shape index (κ3) is 3.72. The van der Waals surface area contributed by atoms with E-state index in [1.807, 2.05) is 26.0 Å². The zero-order valence-corrected chi connectivity index (χ0v) is 16.2. The first kappa shape index (κ1) is 18.8. The van der Waals surface area contributed by atoms with Crippen LogP contribution in [-0.2, 0) is 9.59 Å². The summed E-state index contributed by atoms with van der Waals surface area (Å²) < 4.78 is 0. The molecule has 1 aromatic carbocycles. The SMILES string of the molecule is Cc1ccc(SCC(=O)NN2C(=O)NC3(CCC(C)CC3)C2=O)c(C)c1. The summed E-state index contributed by atoms with van der Waals surface area (Å²) in [4.78, 5) is 38.2. The average Bonchev–Trinajstić information content (AvgIpc) is 2.81. The van der Waals surface area contributed by atoms with Gasteiger partial charge in [0.25, 0.3) is 5.91 Å². The van der Waals surface area contributed by atoms with Gasteiger partial charge in [0.1, 0.15) is 5.54 Å². The van der Waals surface area contributed by atoms with Crippen molar-refractivity contribution in [2.75, 3.05) is 5.75 Å². The van der Waals surface area contributed by atoms with Gasteiger partial charge in [0.2, 0.25) is 5.91 Å². The minimum Gasteiger partial charge on any atom is -0.322 e. The Bertz CT molecular complexity index is 742. The van der Waals surface area contributed by atoms with Crippen molar-refractivity contribution in [2.45, 2.75) is 56.9 Å². The van der Waals surface area contributed by atoms with Crippen molar-refractivity contribution >= 4 is 29.6 Å². The summed E-state index contributed by atoms with van der Waals surface area (Å²) in [5.41, 5.74) is 3.91. The van der Waals surface area contributed by atoms with Gasteiger partial charge in [-0.3, -0.25) is 15.0 Å². The number of nitrogens with one attached hydrogen (secondary N) is 2. The van der Waals surface area contributed by atoms with E-state index in [1.54, 1.807) is 0 Å². The molecular weight excluding hydrogens is 350 g/mol. The van der Waals surface area contributed by atoms with Gasteiger partial charge in [-0.05, 0) is 57.1 Å². The molecule has 0 unspecified atom stereocenters. The molecule has 1 heterocycles. The number of rotatable bonds is 4. The van der Waals surface area contributed by atoms with E-state index in [2.05, 4.69) is 23.7 Å². The molecule has 2 fully saturated rings. The number of imide groups is 1. The standard InChI is InChI=1S/C19H25N3O3S/c1-12-6-8-19(9-7-12)17(24)22(18(25)20-19)21-16(23)11-26-15-5-4-13(2)10-14(15)3/h4-5,10,12H,6-9,11H2,1-3H3,(H,20,25)(H,21,23). The summed E-state index contributed by atoms with van der Waals surface area (Å²) in [7, 11) is 0. The highest BCUT2D eigenvalue weighted by atomic mass is 32.2. The fourth-order valence-corrected chi connectivity index (χ4v) is 4.38. The Morgan fingerprint density at radius 1 is 1.31 bits per heavy atom. The Labute approximate surface area is 158 Å². The molecule has 3 rings (SSSR count). The number of hydrazine groups is 1. The van der Waals surface area contributed by atoms with Gasteiger partial charge in [0.05, 0.1) is 5.75 Å². The van der Waals surface area contributed by atoms with Gasteiger partial charge in [0.15, 0.2) is 0 Å². The number of aryl methyl sites for hydroxylation is 2. The summed E-state index contributed by atoms with van der Waals surface area (Å²) >= 11 is 1.40. The number of hydrogen-bond donors (Lipinski definition) is 2. The highest BCUT2D eigenvalue weighted by Gasteiger charge is 2.52. The monoisotopic (exact) mass is 375 g/mol. The van der Waals surface area contributed by atoms with Gasteiger partial charge in [-0.25, -0.2) is 4.79 Å². The van der Waals surface area contributed by atoms with Gasteiger partial charge in [-0.2, -0.15) is 5.01 Å². The van der Waals surface area contributed by atoms with Gasteiger partial charge in [0, 0.05) is 4.90 Å². The molecule has 0 atom stereocenters. The summed E-state index contributed by atoms with van der Waals surface area (Å²) in [5.74, 6) is 0.00689. The second-order valence-corrected chi connectivity index (χ2v) is 8.45. The van der Waals surface area contributed by atoms with E-state index in [0.29, 0.717) is 18.8 Å². The first-order chi connectivity index (χ1) is 12.3. The topological polar surface area (TPSA) is 78.5 Å². The van der Waals surface area contributed by atoms with Gasteiger partial charge >= 0.3 is 6.03 Å². The number of thioether (sulfide) groups is 1. The quantitative estimate of drug-likeness (QED) is 0.626. The number of benzene rings is 1. The number of urea groups is 1. The molecule has 2 aliphatic rings. The van der Waals surface area contributed by atoms with Crippen LogP contribution >= 0.6 is 11.8 Å². The van der Waals surface area contributed by atoms with E-state index >= 15 is 0 Å². The van der Waals surface area contributed by atoms with Crippen molar-refractivity contribution in [3.8, 4) is 0 Å². The minimum atomic E-state index is -0.836. The van der Waals surface area contributed by atoms with Crippen LogP contribution in [-0.4, -0.2) is 34.1 Å². The maximum Gasteiger partial charge on any atom is 0.344 e. The van der Waals surface area contributed by atoms with Crippen LogP contribution in [0, 0.1) is 19.8 Å². The molecule has 1 aliphatic heterocycles. The normalized spacial score (nSPS) is 25.5. The fraction of sp³-hybridized carbons (Fsp3) is 0.526. The molecule has 140 valence electrons. The number of hydrogen-bond acceptors (Lipinski definition) is 4. The molecule has 26 heavy (non-hydrogen) atoms. The van der Waals surface area contributed by atoms with Crippen molar-refractivity contribution in [3.05, 3.63) is 29.3 Å². The molecule has 1 saturated carbocycles. The molecular formula is C19H25N3O3S. The highest BCUT2D eigenvalue weighted by molar-refractivity contribution is 8.00. The number of amides is 4. The molecule has 0 aromatic heterocycles. The van der Waals surface area contributed by atoms with Crippen molar-refractivity contribution in [1.29, 1.82) is 0 Å². The van der Waals surface area contributed by atoms with Crippen molar-refractivity contribution in [3.63, 3.8) is 0 Å². The van der Waals surface area contributed by atoms with Gasteiger partial charge < -0.3 is 5.32 Å². The third-order valence-corrected chi connectivity index (χ3v) is 6.39. The molecule has 7 heteroatoms. The zero-order valence-electron chi connectivity index (χ0n) is 15.4. The number of carbonyl (C=O) groups excluding carboxylic acids is 3. The van der Waals surface area contributed by atoms with Crippen LogP contribution in [0.3, 0.4) is 0 Å². The lowest BCUT2D eigenvalue weighted by Crippen LogP contribution is -2.51. The molecule has 6 nitrogen and oxygen atoms in total. The summed E-state index contributed by atoms with van der Waals surface area (Å²) in [5, 5.41) is 3.66. The smallest absolute Gasteiger partial charge is 0.322 e. The summed E-state index contributed by atoms with van der Waals surface area (Å²) in [6, 6.07) is 5.51. The first-order valence-electron chi connectivity index (χ1n) is 8.97. The Hall–Kier alpha value is -2.02. The first-order valence-corrected chi connectivity index (χ1v) is 9.95. The van der Waals surface area contributed by atoms with Crippen LogP contribution in [0.5, 0.6) is 0 Å².